The van der Waals surface area contributed by atoms with Gasteiger partial charge in [0.1, 0.15) is 16.6 Å². The molecule has 21 heavy (non-hydrogen) atoms. The summed E-state index contributed by atoms with van der Waals surface area (Å²) in [6.07, 6.45) is -4.65. The van der Waals surface area contributed by atoms with Gasteiger partial charge in [0.05, 0.1) is 6.04 Å². The van der Waals surface area contributed by atoms with Crippen LogP contribution in [0.1, 0.15) is 29.5 Å². The van der Waals surface area contributed by atoms with E-state index in [9.17, 15) is 13.2 Å². The molecule has 0 bridgehead atoms. The smallest absolute Gasteiger partial charge is 0.361 e. The normalized spacial score (nSPS) is 13.0. The Morgan fingerprint density at radius 2 is 1.90 bits per heavy atom. The van der Waals surface area contributed by atoms with Crippen LogP contribution in [-0.2, 0) is 6.18 Å². The number of hydrazine groups is 1. The van der Waals surface area contributed by atoms with Crippen molar-refractivity contribution < 1.29 is 13.2 Å². The SMILES string of the molecule is Cc1csc(C(C)Nc2cc(NN)nc(C(F)(F)F)n2)n1. The molecule has 0 saturated carbocycles. The number of aromatic nitrogens is 3. The Balaban J connectivity index is 2.27. The molecule has 4 N–H and O–H groups in total. The zero-order chi connectivity index (χ0) is 15.6. The van der Waals surface area contributed by atoms with Gasteiger partial charge < -0.3 is 10.7 Å². The van der Waals surface area contributed by atoms with Crippen molar-refractivity contribution in [2.24, 2.45) is 5.84 Å². The molecule has 6 nitrogen and oxygen atoms in total. The molecule has 0 aliphatic rings. The Labute approximate surface area is 122 Å². The zero-order valence-electron chi connectivity index (χ0n) is 11.2. The average Bonchev–Trinajstić information content (AvgIpc) is 2.84. The van der Waals surface area contributed by atoms with Crippen molar-refractivity contribution in [3.63, 3.8) is 0 Å². The van der Waals surface area contributed by atoms with Crippen molar-refractivity contribution in [3.05, 3.63) is 28.0 Å². The number of rotatable bonds is 4. The Morgan fingerprint density at radius 1 is 1.24 bits per heavy atom. The van der Waals surface area contributed by atoms with Gasteiger partial charge in [0.2, 0.25) is 5.82 Å². The summed E-state index contributed by atoms with van der Waals surface area (Å²) >= 11 is 1.42. The number of nitrogens with one attached hydrogen (secondary N) is 2. The lowest BCUT2D eigenvalue weighted by Crippen LogP contribution is -2.18. The summed E-state index contributed by atoms with van der Waals surface area (Å²) in [4.78, 5) is 11.0. The van der Waals surface area contributed by atoms with E-state index < -0.39 is 12.0 Å². The van der Waals surface area contributed by atoms with E-state index in [4.69, 9.17) is 5.84 Å². The van der Waals surface area contributed by atoms with E-state index in [1.54, 1.807) is 6.92 Å². The van der Waals surface area contributed by atoms with E-state index in [1.165, 1.54) is 17.4 Å². The molecule has 0 spiro atoms. The number of hydrogen-bond acceptors (Lipinski definition) is 7. The highest BCUT2D eigenvalue weighted by Gasteiger charge is 2.35. The number of alkyl halides is 3. The molecule has 2 aromatic rings. The number of nitrogens with two attached hydrogens (primary N) is 1. The van der Waals surface area contributed by atoms with Gasteiger partial charge in [-0.1, -0.05) is 0 Å². The van der Waals surface area contributed by atoms with Crippen LogP contribution in [0, 0.1) is 6.92 Å². The predicted octanol–water partition coefficient (Wildman–Crippen LogP) is 2.72. The molecule has 0 fully saturated rings. The molecule has 2 aromatic heterocycles. The van der Waals surface area contributed by atoms with E-state index in [0.717, 1.165) is 10.7 Å². The van der Waals surface area contributed by atoms with Gasteiger partial charge in [-0.25, -0.2) is 20.8 Å². The van der Waals surface area contributed by atoms with Crippen LogP contribution in [-0.4, -0.2) is 15.0 Å². The predicted molar refractivity (Wildman–Crippen MR) is 73.7 cm³/mol. The monoisotopic (exact) mass is 318 g/mol. The van der Waals surface area contributed by atoms with Gasteiger partial charge >= 0.3 is 6.18 Å². The van der Waals surface area contributed by atoms with Crippen LogP contribution in [0.15, 0.2) is 11.4 Å². The summed E-state index contributed by atoms with van der Waals surface area (Å²) in [5, 5.41) is 5.47. The van der Waals surface area contributed by atoms with E-state index in [2.05, 4.69) is 25.7 Å². The van der Waals surface area contributed by atoms with Gasteiger partial charge in [-0.15, -0.1) is 11.3 Å². The highest BCUT2D eigenvalue weighted by atomic mass is 32.1. The van der Waals surface area contributed by atoms with Gasteiger partial charge in [-0.2, -0.15) is 13.2 Å². The summed E-state index contributed by atoms with van der Waals surface area (Å²) < 4.78 is 38.1. The van der Waals surface area contributed by atoms with Gasteiger partial charge in [0, 0.05) is 17.1 Å². The molecule has 0 aliphatic carbocycles. The van der Waals surface area contributed by atoms with Crippen molar-refractivity contribution in [1.82, 2.24) is 15.0 Å². The fourth-order valence-corrected chi connectivity index (χ4v) is 2.38. The van der Waals surface area contributed by atoms with Gasteiger partial charge in [0.15, 0.2) is 0 Å². The number of nitrogen functional groups attached to an aromatic ring is 1. The molecule has 0 saturated heterocycles. The molecule has 2 rings (SSSR count). The third-order valence-electron chi connectivity index (χ3n) is 2.50. The van der Waals surface area contributed by atoms with Crippen LogP contribution in [0.25, 0.3) is 0 Å². The Kier molecular flexibility index (Phi) is 4.28. The van der Waals surface area contributed by atoms with Crippen LogP contribution in [0.4, 0.5) is 24.8 Å². The standard InChI is InChI=1S/C11H13F3N6S/c1-5-4-21-9(16-5)6(2)17-7-3-8(20-15)19-10(18-7)11(12,13)14/h3-4,6H,15H2,1-2H3,(H2,17,18,19,20). The highest BCUT2D eigenvalue weighted by molar-refractivity contribution is 7.09. The molecular weight excluding hydrogens is 305 g/mol. The Hall–Kier alpha value is -1.94. The maximum absolute atomic E-state index is 12.7. The third kappa shape index (κ3) is 3.79. The quantitative estimate of drug-likeness (QED) is 0.593. The molecule has 0 aliphatic heterocycles. The first-order chi connectivity index (χ1) is 9.79. The molecule has 114 valence electrons. The van der Waals surface area contributed by atoms with Crippen LogP contribution >= 0.6 is 11.3 Å². The van der Waals surface area contributed by atoms with Crippen LogP contribution in [0.2, 0.25) is 0 Å². The van der Waals surface area contributed by atoms with Crippen molar-refractivity contribution in [2.75, 3.05) is 10.7 Å². The second kappa shape index (κ2) is 5.82. The lowest BCUT2D eigenvalue weighted by atomic mass is 10.3. The summed E-state index contributed by atoms with van der Waals surface area (Å²) in [5.74, 6) is 3.77. The molecular formula is C11H13F3N6S. The number of halogens is 3. The minimum Gasteiger partial charge on any atom is -0.361 e. The molecule has 0 aromatic carbocycles. The lowest BCUT2D eigenvalue weighted by Gasteiger charge is -2.14. The first-order valence-corrected chi connectivity index (χ1v) is 6.79. The second-order valence-corrected chi connectivity index (χ2v) is 5.19. The van der Waals surface area contributed by atoms with Crippen molar-refractivity contribution in [2.45, 2.75) is 26.1 Å². The lowest BCUT2D eigenvalue weighted by molar-refractivity contribution is -0.144. The molecule has 1 unspecified atom stereocenters. The maximum atomic E-state index is 12.7. The largest absolute Gasteiger partial charge is 0.451 e. The first-order valence-electron chi connectivity index (χ1n) is 5.91. The fourth-order valence-electron chi connectivity index (χ4n) is 1.58. The molecule has 0 amide bonds. The molecule has 10 heteroatoms. The van der Waals surface area contributed by atoms with E-state index in [-0.39, 0.29) is 17.7 Å². The summed E-state index contributed by atoms with van der Waals surface area (Å²) in [7, 11) is 0. The van der Waals surface area contributed by atoms with Crippen molar-refractivity contribution in [1.29, 1.82) is 0 Å². The van der Waals surface area contributed by atoms with Crippen molar-refractivity contribution in [3.8, 4) is 0 Å². The molecule has 1 atom stereocenters. The molecule has 0 radical (unpaired) electrons. The topological polar surface area (TPSA) is 88.8 Å². The van der Waals surface area contributed by atoms with Gasteiger partial charge in [-0.3, -0.25) is 0 Å². The summed E-state index contributed by atoms with van der Waals surface area (Å²) in [5.41, 5.74) is 2.95. The van der Waals surface area contributed by atoms with Crippen molar-refractivity contribution >= 4 is 23.0 Å². The summed E-state index contributed by atoms with van der Waals surface area (Å²) in [6.45, 7) is 3.62. The van der Waals surface area contributed by atoms with E-state index >= 15 is 0 Å². The van der Waals surface area contributed by atoms with Crippen LogP contribution < -0.4 is 16.6 Å². The minimum absolute atomic E-state index is 0.0191. The average molecular weight is 318 g/mol. The Bertz CT molecular complexity index is 627. The van der Waals surface area contributed by atoms with Crippen LogP contribution in [0.3, 0.4) is 0 Å². The highest BCUT2D eigenvalue weighted by Crippen LogP contribution is 2.29. The molecule has 2 heterocycles. The minimum atomic E-state index is -4.65. The zero-order valence-corrected chi connectivity index (χ0v) is 12.0. The second-order valence-electron chi connectivity index (χ2n) is 4.30. The van der Waals surface area contributed by atoms with Gasteiger partial charge in [-0.05, 0) is 13.8 Å². The number of nitrogens with zero attached hydrogens (tertiary/aromatic N) is 3. The number of hydrogen-bond donors (Lipinski definition) is 3. The van der Waals surface area contributed by atoms with Crippen LogP contribution in [0.5, 0.6) is 0 Å². The maximum Gasteiger partial charge on any atom is 0.451 e. The van der Waals surface area contributed by atoms with Gasteiger partial charge in [0.25, 0.3) is 0 Å². The first kappa shape index (κ1) is 15.4. The number of aryl methyl sites for hydroxylation is 1. The Morgan fingerprint density at radius 3 is 2.43 bits per heavy atom. The van der Waals surface area contributed by atoms with E-state index in [1.807, 2.05) is 12.3 Å². The fraction of sp³-hybridized carbons (Fsp3) is 0.364. The number of anilines is 2. The third-order valence-corrected chi connectivity index (χ3v) is 3.64. The van der Waals surface area contributed by atoms with E-state index in [0.29, 0.717) is 0 Å². The number of thiazole rings is 1. The summed E-state index contributed by atoms with van der Waals surface area (Å²) in [6, 6.07) is 1.01.